The number of halogens is 3. The fourth-order valence-electron chi connectivity index (χ4n) is 7.34. The highest BCUT2D eigenvalue weighted by Gasteiger charge is 2.66. The summed E-state index contributed by atoms with van der Waals surface area (Å²) in [5.74, 6) is -3.64. The van der Waals surface area contributed by atoms with Crippen LogP contribution in [0.1, 0.15) is 61.5 Å². The lowest BCUT2D eigenvalue weighted by molar-refractivity contribution is -0.122. The minimum atomic E-state index is -1.46. The number of benzene rings is 3. The van der Waals surface area contributed by atoms with Crippen molar-refractivity contribution in [3.63, 3.8) is 0 Å². The van der Waals surface area contributed by atoms with Crippen LogP contribution in [0.4, 0.5) is 20.6 Å². The molecule has 2 aliphatic rings. The topological polar surface area (TPSA) is 169 Å². The summed E-state index contributed by atoms with van der Waals surface area (Å²) < 4.78 is 52.4. The van der Waals surface area contributed by atoms with Gasteiger partial charge in [0.15, 0.2) is 0 Å². The average molecular weight is 849 g/mol. The Hall–Kier alpha value is -4.51. The Morgan fingerprint density at radius 1 is 0.931 bits per heavy atom. The van der Waals surface area contributed by atoms with Crippen LogP contribution in [-0.4, -0.2) is 96.2 Å². The highest BCUT2D eigenvalue weighted by molar-refractivity contribution is 6.31. The van der Waals surface area contributed by atoms with Crippen molar-refractivity contribution in [2.45, 2.75) is 63.8 Å². The van der Waals surface area contributed by atoms with Gasteiger partial charge in [-0.15, -0.1) is 0 Å². The molecule has 5 rings (SSSR count). The van der Waals surface area contributed by atoms with Crippen molar-refractivity contribution in [1.29, 1.82) is 0 Å². The molecule has 0 aliphatic carbocycles. The molecular formula is C41H48Cl2FN3O11. The molecule has 3 N–H and O–H groups in total. The Bertz CT molecular complexity index is 1980. The van der Waals surface area contributed by atoms with Crippen LogP contribution in [0.25, 0.3) is 0 Å². The number of methoxy groups -OCH3 is 2. The molecule has 14 nitrogen and oxygen atoms in total. The van der Waals surface area contributed by atoms with Gasteiger partial charge in [-0.1, -0.05) is 62.2 Å². The smallest absolute Gasteiger partial charge is 0.495 e. The third-order valence-electron chi connectivity index (χ3n) is 9.70. The number of nitrogens with one attached hydrogen (secondary N) is 3. The second-order valence-corrected chi connectivity index (χ2v) is 15.8. The first-order chi connectivity index (χ1) is 27.6. The van der Waals surface area contributed by atoms with Crippen LogP contribution in [0.2, 0.25) is 10.0 Å². The number of hydrogen-bond acceptors (Lipinski definition) is 12. The fourth-order valence-corrected chi connectivity index (χ4v) is 7.70. The lowest BCUT2D eigenvalue weighted by atomic mass is 9.62. The van der Waals surface area contributed by atoms with Crippen LogP contribution >= 0.6 is 23.2 Å². The summed E-state index contributed by atoms with van der Waals surface area (Å²) in [6, 6.07) is 11.9. The van der Waals surface area contributed by atoms with Crippen molar-refractivity contribution in [3.8, 4) is 5.75 Å². The number of amides is 2. The van der Waals surface area contributed by atoms with Crippen molar-refractivity contribution in [3.05, 3.63) is 87.2 Å². The van der Waals surface area contributed by atoms with Gasteiger partial charge in [-0.2, -0.15) is 0 Å². The monoisotopic (exact) mass is 847 g/mol. The number of fused-ring (bicyclic) bond motifs is 2. The van der Waals surface area contributed by atoms with E-state index in [2.05, 4.69) is 16.0 Å². The predicted octanol–water partition coefficient (Wildman–Crippen LogP) is 6.87. The molecule has 2 heterocycles. The maximum atomic E-state index is 16.2. The lowest BCUT2D eigenvalue weighted by Gasteiger charge is -2.37. The Labute approximate surface area is 346 Å². The van der Waals surface area contributed by atoms with Crippen molar-refractivity contribution < 1.29 is 56.7 Å². The molecule has 2 unspecified atom stereocenters. The Kier molecular flexibility index (Phi) is 15.0. The Morgan fingerprint density at radius 2 is 1.64 bits per heavy atom. The van der Waals surface area contributed by atoms with Crippen LogP contribution in [0.15, 0.2) is 54.6 Å². The number of carbonyl (C=O) groups is 4. The van der Waals surface area contributed by atoms with Gasteiger partial charge in [-0.05, 0) is 59.4 Å². The molecule has 58 heavy (non-hydrogen) atoms. The number of carbonyl (C=O) groups excluding carboxylic acids is 4. The molecule has 314 valence electrons. The van der Waals surface area contributed by atoms with E-state index in [-0.39, 0.29) is 46.2 Å². The summed E-state index contributed by atoms with van der Waals surface area (Å²) in [5.41, 5.74) is -0.504. The summed E-state index contributed by atoms with van der Waals surface area (Å²) >= 11 is 12.7. The van der Waals surface area contributed by atoms with Gasteiger partial charge in [-0.25, -0.2) is 14.0 Å². The molecule has 1 fully saturated rings. The van der Waals surface area contributed by atoms with Gasteiger partial charge in [-0.3, -0.25) is 9.59 Å². The third kappa shape index (κ3) is 10.2. The number of hydrogen-bond donors (Lipinski definition) is 3. The SMILES string of the molecule is COCCOCCOCCOC(=O)OC(C)OC(=O)c1ccc(NC(=O)[C@@H]2N[C@@H](CC(C)(C)C)C3(C(=O)Nc4cc(Cl)ccc43)[C@H]2c2cccc(Cl)c2F)c(OC)c1. The van der Waals surface area contributed by atoms with Crippen LogP contribution in [-0.2, 0) is 43.4 Å². The van der Waals surface area contributed by atoms with Gasteiger partial charge in [0.05, 0.1) is 62.5 Å². The van der Waals surface area contributed by atoms with Crippen LogP contribution in [0.3, 0.4) is 0 Å². The molecule has 3 aromatic rings. The minimum absolute atomic E-state index is 0.0136. The predicted molar refractivity (Wildman–Crippen MR) is 213 cm³/mol. The van der Waals surface area contributed by atoms with Gasteiger partial charge < -0.3 is 49.1 Å². The molecule has 17 heteroatoms. The van der Waals surface area contributed by atoms with Crippen LogP contribution in [0, 0.1) is 11.2 Å². The second kappa shape index (κ2) is 19.5. The summed E-state index contributed by atoms with van der Waals surface area (Å²) in [5, 5.41) is 9.45. The van der Waals surface area contributed by atoms with E-state index >= 15 is 4.39 Å². The molecule has 2 amide bonds. The number of ether oxygens (including phenoxy) is 7. The number of anilines is 2. The van der Waals surface area contributed by atoms with E-state index in [1.54, 1.807) is 31.4 Å². The van der Waals surface area contributed by atoms with E-state index in [9.17, 15) is 19.2 Å². The van der Waals surface area contributed by atoms with Crippen LogP contribution < -0.4 is 20.7 Å². The van der Waals surface area contributed by atoms with Crippen molar-refractivity contribution in [2.24, 2.45) is 5.41 Å². The van der Waals surface area contributed by atoms with Crippen molar-refractivity contribution in [1.82, 2.24) is 5.32 Å². The molecule has 0 aromatic heterocycles. The average Bonchev–Trinajstić information content (AvgIpc) is 3.64. The molecule has 2 aliphatic heterocycles. The lowest BCUT2D eigenvalue weighted by Crippen LogP contribution is -2.49. The first kappa shape index (κ1) is 44.6. The highest BCUT2D eigenvalue weighted by Crippen LogP contribution is 2.57. The summed E-state index contributed by atoms with van der Waals surface area (Å²) in [7, 11) is 2.92. The van der Waals surface area contributed by atoms with Gasteiger partial charge in [0.25, 0.3) is 0 Å². The van der Waals surface area contributed by atoms with E-state index < -0.39 is 59.5 Å². The van der Waals surface area contributed by atoms with Crippen molar-refractivity contribution >= 4 is 58.5 Å². The Morgan fingerprint density at radius 3 is 2.33 bits per heavy atom. The summed E-state index contributed by atoms with van der Waals surface area (Å²) in [6.07, 6.45) is -1.97. The first-order valence-corrected chi connectivity index (χ1v) is 19.4. The van der Waals surface area contributed by atoms with E-state index in [1.807, 2.05) is 20.8 Å². The zero-order valence-electron chi connectivity index (χ0n) is 33.1. The molecule has 3 aromatic carbocycles. The molecule has 0 bridgehead atoms. The molecule has 0 saturated carbocycles. The van der Waals surface area contributed by atoms with Crippen LogP contribution in [0.5, 0.6) is 5.75 Å². The van der Waals surface area contributed by atoms with E-state index in [1.165, 1.54) is 44.4 Å². The minimum Gasteiger partial charge on any atom is -0.495 e. The molecule has 1 spiro atoms. The maximum absolute atomic E-state index is 16.2. The van der Waals surface area contributed by atoms with Gasteiger partial charge in [0.2, 0.25) is 18.1 Å². The summed E-state index contributed by atoms with van der Waals surface area (Å²) in [4.78, 5) is 54.1. The quantitative estimate of drug-likeness (QED) is 0.0734. The van der Waals surface area contributed by atoms with E-state index in [0.717, 1.165) is 0 Å². The first-order valence-electron chi connectivity index (χ1n) is 18.6. The second-order valence-electron chi connectivity index (χ2n) is 14.9. The summed E-state index contributed by atoms with van der Waals surface area (Å²) in [6.45, 7) is 8.94. The Balaban J connectivity index is 1.32. The van der Waals surface area contributed by atoms with E-state index in [4.69, 9.17) is 56.4 Å². The van der Waals surface area contributed by atoms with Gasteiger partial charge >= 0.3 is 12.1 Å². The maximum Gasteiger partial charge on any atom is 0.511 e. The molecule has 5 atom stereocenters. The number of esters is 1. The standard InChI is InChI=1S/C41H48Cl2FN3O11/c1-23(58-39(51)56-19-18-55-17-16-54-15-14-52-5)57-37(49)24-10-13-29(31(20-24)53-6)45-36(48)35-33(26-8-7-9-28(43)34(26)44)41(32(47-35)22-40(2,3)4)27-12-11-25(42)21-30(27)46-38(41)50/h7-13,20-21,23,32-33,35,47H,14-19,22H2,1-6H3,(H,45,48)(H,46,50)/t23?,32-,33-,35+,41?/m0/s1. The normalized spacial score (nSPS) is 20.3. The highest BCUT2D eigenvalue weighted by atomic mass is 35.5. The van der Waals surface area contributed by atoms with Crippen molar-refractivity contribution in [2.75, 3.05) is 64.5 Å². The molecule has 0 radical (unpaired) electrons. The molecule has 1 saturated heterocycles. The molecular weight excluding hydrogens is 800 g/mol. The third-order valence-corrected chi connectivity index (χ3v) is 10.2. The zero-order chi connectivity index (χ0) is 42.2. The largest absolute Gasteiger partial charge is 0.511 e. The van der Waals surface area contributed by atoms with Gasteiger partial charge in [0.1, 0.15) is 23.6 Å². The number of rotatable bonds is 17. The van der Waals surface area contributed by atoms with Gasteiger partial charge in [0, 0.05) is 36.7 Å². The zero-order valence-corrected chi connectivity index (χ0v) is 34.6. The van der Waals surface area contributed by atoms with E-state index in [0.29, 0.717) is 49.1 Å². The fraction of sp³-hybridized carbons (Fsp3) is 0.463.